The van der Waals surface area contributed by atoms with Gasteiger partial charge in [-0.1, -0.05) is 36.4 Å². The fraction of sp³-hybridized carbons (Fsp3) is 0.296. The number of benzene rings is 3. The molecule has 6 nitrogen and oxygen atoms in total. The van der Waals surface area contributed by atoms with Gasteiger partial charge in [-0.2, -0.15) is 0 Å². The number of methoxy groups -OCH3 is 1. The van der Waals surface area contributed by atoms with Crippen LogP contribution >= 0.6 is 0 Å². The van der Waals surface area contributed by atoms with E-state index >= 15 is 0 Å². The molecule has 0 N–H and O–H groups in total. The normalized spacial score (nSPS) is 17.8. The molecule has 2 aliphatic rings. The summed E-state index contributed by atoms with van der Waals surface area (Å²) >= 11 is 0. The highest BCUT2D eigenvalue weighted by Crippen LogP contribution is 2.41. The number of ether oxygens (including phenoxy) is 3. The van der Waals surface area contributed by atoms with E-state index in [1.54, 1.807) is 12.0 Å². The van der Waals surface area contributed by atoms with E-state index in [4.69, 9.17) is 14.2 Å². The summed E-state index contributed by atoms with van der Waals surface area (Å²) in [6.07, 6.45) is 1.95. The molecule has 5 rings (SSSR count). The lowest BCUT2D eigenvalue weighted by atomic mass is 10.1. The molecule has 0 bridgehead atoms. The zero-order valence-corrected chi connectivity index (χ0v) is 18.8. The first kappa shape index (κ1) is 21.3. The van der Waals surface area contributed by atoms with Crippen molar-refractivity contribution in [3.63, 3.8) is 0 Å². The summed E-state index contributed by atoms with van der Waals surface area (Å²) in [5.74, 6) is 1.86. The van der Waals surface area contributed by atoms with E-state index in [0.29, 0.717) is 35.1 Å². The number of fused-ring (bicyclic) bond motifs is 1. The highest BCUT2D eigenvalue weighted by atomic mass is 16.5. The average molecular weight is 445 g/mol. The van der Waals surface area contributed by atoms with Gasteiger partial charge < -0.3 is 14.2 Å². The molecule has 1 fully saturated rings. The van der Waals surface area contributed by atoms with Crippen molar-refractivity contribution in [2.45, 2.75) is 19.1 Å². The maximum Gasteiger partial charge on any atom is 0.261 e. The van der Waals surface area contributed by atoms with Crippen molar-refractivity contribution < 1.29 is 19.0 Å². The van der Waals surface area contributed by atoms with E-state index in [1.165, 1.54) is 12.8 Å². The molecule has 1 atom stereocenters. The SMILES string of the molecule is COc1cc(N2C(=O)c3ccccc3[C@@H]2Oc2ccccc2)ccc1OCCN1CCCC1. The van der Waals surface area contributed by atoms with Crippen molar-refractivity contribution in [2.24, 2.45) is 0 Å². The van der Waals surface area contributed by atoms with Crippen LogP contribution in [0.4, 0.5) is 5.69 Å². The van der Waals surface area contributed by atoms with Crippen LogP contribution in [0.15, 0.2) is 72.8 Å². The zero-order valence-electron chi connectivity index (χ0n) is 18.8. The number of para-hydroxylation sites is 1. The highest BCUT2D eigenvalue weighted by molar-refractivity contribution is 6.11. The number of hydrogen-bond acceptors (Lipinski definition) is 5. The number of carbonyl (C=O) groups is 1. The van der Waals surface area contributed by atoms with Crippen LogP contribution in [-0.4, -0.2) is 44.2 Å². The Balaban J connectivity index is 1.40. The van der Waals surface area contributed by atoms with Crippen LogP contribution in [0.3, 0.4) is 0 Å². The Bertz CT molecular complexity index is 1110. The summed E-state index contributed by atoms with van der Waals surface area (Å²) in [4.78, 5) is 17.5. The standard InChI is InChI=1S/C27H28N2O4/c1-31-25-19-20(13-14-24(25)32-18-17-28-15-7-8-16-28)29-26(30)22-11-5-6-12-23(22)27(29)33-21-9-3-2-4-10-21/h2-6,9-14,19,27H,7-8,15-18H2,1H3/t27-/m0/s1. The second-order valence-corrected chi connectivity index (χ2v) is 8.28. The molecule has 3 aromatic carbocycles. The molecule has 0 aromatic heterocycles. The monoisotopic (exact) mass is 444 g/mol. The number of carbonyl (C=O) groups excluding carboxylic acids is 1. The molecule has 1 amide bonds. The molecule has 2 aliphatic heterocycles. The molecule has 170 valence electrons. The smallest absolute Gasteiger partial charge is 0.261 e. The summed E-state index contributed by atoms with van der Waals surface area (Å²) < 4.78 is 17.9. The number of amides is 1. The van der Waals surface area contributed by atoms with Gasteiger partial charge in [0.1, 0.15) is 12.4 Å². The van der Waals surface area contributed by atoms with Gasteiger partial charge in [0, 0.05) is 23.7 Å². The molecule has 2 heterocycles. The van der Waals surface area contributed by atoms with Gasteiger partial charge in [-0.05, 0) is 56.3 Å². The lowest BCUT2D eigenvalue weighted by molar-refractivity contribution is 0.0951. The topological polar surface area (TPSA) is 51.2 Å². The lowest BCUT2D eigenvalue weighted by Crippen LogP contribution is -2.31. The number of hydrogen-bond donors (Lipinski definition) is 0. The molecule has 1 saturated heterocycles. The van der Waals surface area contributed by atoms with Crippen molar-refractivity contribution in [2.75, 3.05) is 38.3 Å². The Morgan fingerprint density at radius 1 is 0.909 bits per heavy atom. The molecule has 33 heavy (non-hydrogen) atoms. The van der Waals surface area contributed by atoms with Gasteiger partial charge in [0.05, 0.1) is 12.8 Å². The van der Waals surface area contributed by atoms with Gasteiger partial charge in [0.2, 0.25) is 6.23 Å². The van der Waals surface area contributed by atoms with E-state index in [0.717, 1.165) is 25.2 Å². The largest absolute Gasteiger partial charge is 0.493 e. The van der Waals surface area contributed by atoms with E-state index in [2.05, 4.69) is 4.90 Å². The number of nitrogens with zero attached hydrogens (tertiary/aromatic N) is 2. The Kier molecular flexibility index (Phi) is 6.17. The molecule has 0 spiro atoms. The summed E-state index contributed by atoms with van der Waals surface area (Å²) in [5, 5.41) is 0. The fourth-order valence-electron chi connectivity index (χ4n) is 4.50. The fourth-order valence-corrected chi connectivity index (χ4v) is 4.50. The summed E-state index contributed by atoms with van der Waals surface area (Å²) in [5.41, 5.74) is 2.18. The second-order valence-electron chi connectivity index (χ2n) is 8.28. The minimum absolute atomic E-state index is 0.101. The van der Waals surface area contributed by atoms with E-state index in [9.17, 15) is 4.79 Å². The van der Waals surface area contributed by atoms with Crippen LogP contribution < -0.4 is 19.1 Å². The lowest BCUT2D eigenvalue weighted by Gasteiger charge is -2.27. The van der Waals surface area contributed by atoms with Crippen LogP contribution in [0.25, 0.3) is 0 Å². The molecule has 0 radical (unpaired) electrons. The summed E-state index contributed by atoms with van der Waals surface area (Å²) in [6.45, 7) is 3.78. The van der Waals surface area contributed by atoms with Gasteiger partial charge >= 0.3 is 0 Å². The van der Waals surface area contributed by atoms with E-state index < -0.39 is 6.23 Å². The van der Waals surface area contributed by atoms with Gasteiger partial charge in [-0.3, -0.25) is 14.6 Å². The van der Waals surface area contributed by atoms with Crippen LogP contribution in [0.2, 0.25) is 0 Å². The summed E-state index contributed by atoms with van der Waals surface area (Å²) in [7, 11) is 1.62. The predicted molar refractivity (Wildman–Crippen MR) is 127 cm³/mol. The Hall–Kier alpha value is -3.51. The third-order valence-electron chi connectivity index (χ3n) is 6.19. The third kappa shape index (κ3) is 4.39. The maximum absolute atomic E-state index is 13.4. The number of anilines is 1. The third-order valence-corrected chi connectivity index (χ3v) is 6.19. The zero-order chi connectivity index (χ0) is 22.6. The number of rotatable bonds is 8. The summed E-state index contributed by atoms with van der Waals surface area (Å²) in [6, 6.07) is 22.7. The molecular weight excluding hydrogens is 416 g/mol. The van der Waals surface area contributed by atoms with Crippen LogP contribution in [0, 0.1) is 0 Å². The first-order valence-corrected chi connectivity index (χ1v) is 11.4. The Labute approximate surface area is 194 Å². The molecular formula is C27H28N2O4. The highest BCUT2D eigenvalue weighted by Gasteiger charge is 2.39. The molecule has 0 unspecified atom stereocenters. The molecule has 0 aliphatic carbocycles. The van der Waals surface area contributed by atoms with Crippen molar-refractivity contribution in [1.82, 2.24) is 4.90 Å². The molecule has 3 aromatic rings. The number of likely N-dealkylation sites (tertiary alicyclic amines) is 1. The van der Waals surface area contributed by atoms with Crippen molar-refractivity contribution >= 4 is 11.6 Å². The Morgan fingerprint density at radius 3 is 2.45 bits per heavy atom. The minimum Gasteiger partial charge on any atom is -0.493 e. The quantitative estimate of drug-likeness (QED) is 0.494. The average Bonchev–Trinajstić information content (AvgIpc) is 3.47. The first-order chi connectivity index (χ1) is 16.2. The van der Waals surface area contributed by atoms with Crippen molar-refractivity contribution in [3.8, 4) is 17.2 Å². The maximum atomic E-state index is 13.4. The van der Waals surface area contributed by atoms with Crippen LogP contribution in [0.1, 0.15) is 35.0 Å². The first-order valence-electron chi connectivity index (χ1n) is 11.4. The van der Waals surface area contributed by atoms with Gasteiger partial charge in [-0.15, -0.1) is 0 Å². The van der Waals surface area contributed by atoms with Crippen molar-refractivity contribution in [3.05, 3.63) is 83.9 Å². The van der Waals surface area contributed by atoms with E-state index in [1.807, 2.05) is 72.8 Å². The van der Waals surface area contributed by atoms with Crippen LogP contribution in [-0.2, 0) is 0 Å². The van der Waals surface area contributed by atoms with Crippen molar-refractivity contribution in [1.29, 1.82) is 0 Å². The minimum atomic E-state index is -0.567. The molecule has 0 saturated carbocycles. The van der Waals surface area contributed by atoms with Gasteiger partial charge in [0.25, 0.3) is 5.91 Å². The predicted octanol–water partition coefficient (Wildman–Crippen LogP) is 4.91. The van der Waals surface area contributed by atoms with Gasteiger partial charge in [0.15, 0.2) is 11.5 Å². The van der Waals surface area contributed by atoms with Gasteiger partial charge in [-0.25, -0.2) is 0 Å². The second kappa shape index (κ2) is 9.55. The van der Waals surface area contributed by atoms with E-state index in [-0.39, 0.29) is 5.91 Å². The van der Waals surface area contributed by atoms with Crippen LogP contribution in [0.5, 0.6) is 17.2 Å². The Morgan fingerprint density at radius 2 is 1.67 bits per heavy atom. The molecule has 6 heteroatoms.